The zero-order valence-electron chi connectivity index (χ0n) is 11.1. The Morgan fingerprint density at radius 3 is 2.59 bits per heavy atom. The molecule has 0 saturated heterocycles. The molecule has 4 heteroatoms. The van der Waals surface area contributed by atoms with E-state index in [1.807, 2.05) is 0 Å². The van der Waals surface area contributed by atoms with E-state index >= 15 is 0 Å². The molecule has 1 aliphatic carbocycles. The molecule has 1 fully saturated rings. The van der Waals surface area contributed by atoms with Crippen LogP contribution in [0.1, 0.15) is 46.0 Å². The molecule has 0 aliphatic heterocycles. The summed E-state index contributed by atoms with van der Waals surface area (Å²) in [5.74, 6) is 0.0942. The molecule has 1 amide bonds. The van der Waals surface area contributed by atoms with E-state index in [0.717, 1.165) is 25.8 Å². The van der Waals surface area contributed by atoms with Gasteiger partial charge in [0.05, 0.1) is 6.54 Å². The zero-order valence-corrected chi connectivity index (χ0v) is 11.1. The first-order valence-electron chi connectivity index (χ1n) is 6.64. The number of amides is 1. The highest BCUT2D eigenvalue weighted by Gasteiger charge is 2.19. The molecule has 17 heavy (non-hydrogen) atoms. The molecule has 0 atom stereocenters. The molecule has 3 N–H and O–H groups in total. The normalized spacial score (nSPS) is 17.4. The number of hydrogen-bond donors (Lipinski definition) is 3. The average molecular weight is 242 g/mol. The summed E-state index contributed by atoms with van der Waals surface area (Å²) in [6, 6.07) is 0.398. The van der Waals surface area contributed by atoms with Crippen LogP contribution in [0.3, 0.4) is 0 Å². The van der Waals surface area contributed by atoms with Gasteiger partial charge in [0.2, 0.25) is 5.91 Å². The first-order valence-corrected chi connectivity index (χ1v) is 6.64. The summed E-state index contributed by atoms with van der Waals surface area (Å²) in [5.41, 5.74) is 0.0440. The summed E-state index contributed by atoms with van der Waals surface area (Å²) in [6.45, 7) is 5.51. The van der Waals surface area contributed by atoms with E-state index in [9.17, 15) is 4.79 Å². The van der Waals surface area contributed by atoms with Gasteiger partial charge >= 0.3 is 0 Å². The minimum atomic E-state index is 0.0440. The molecular formula is C13H26N2O2. The number of carbonyl (C=O) groups is 1. The summed E-state index contributed by atoms with van der Waals surface area (Å²) < 4.78 is 0. The van der Waals surface area contributed by atoms with E-state index < -0.39 is 0 Å². The molecule has 100 valence electrons. The third-order valence-corrected chi connectivity index (χ3v) is 3.40. The van der Waals surface area contributed by atoms with Crippen LogP contribution in [-0.2, 0) is 4.79 Å². The van der Waals surface area contributed by atoms with Gasteiger partial charge in [0, 0.05) is 19.2 Å². The van der Waals surface area contributed by atoms with Crippen LogP contribution in [0.4, 0.5) is 0 Å². The summed E-state index contributed by atoms with van der Waals surface area (Å²) in [4.78, 5) is 11.6. The van der Waals surface area contributed by atoms with E-state index in [-0.39, 0.29) is 17.9 Å². The van der Waals surface area contributed by atoms with Gasteiger partial charge in [0.25, 0.3) is 0 Å². The number of aliphatic hydroxyl groups excluding tert-OH is 1. The highest BCUT2D eigenvalue weighted by Crippen LogP contribution is 2.18. The fourth-order valence-corrected chi connectivity index (χ4v) is 2.25. The summed E-state index contributed by atoms with van der Waals surface area (Å²) in [7, 11) is 0. The number of hydrogen-bond acceptors (Lipinski definition) is 3. The molecule has 0 aromatic rings. The lowest BCUT2D eigenvalue weighted by Crippen LogP contribution is -2.41. The van der Waals surface area contributed by atoms with Crippen molar-refractivity contribution in [1.29, 1.82) is 0 Å². The second-order valence-corrected chi connectivity index (χ2v) is 5.79. The molecule has 0 unspecified atom stereocenters. The number of aliphatic hydroxyl groups is 1. The minimum absolute atomic E-state index is 0.0440. The van der Waals surface area contributed by atoms with Crippen molar-refractivity contribution >= 4 is 5.91 Å². The van der Waals surface area contributed by atoms with Crippen molar-refractivity contribution in [2.45, 2.75) is 52.0 Å². The molecule has 0 radical (unpaired) electrons. The fourth-order valence-electron chi connectivity index (χ4n) is 2.25. The Morgan fingerprint density at radius 1 is 1.35 bits per heavy atom. The SMILES string of the molecule is CC(C)(CCO)CNCC(=O)NC1CCCC1. The topological polar surface area (TPSA) is 61.4 Å². The van der Waals surface area contributed by atoms with Gasteiger partial charge in [-0.3, -0.25) is 4.79 Å². The van der Waals surface area contributed by atoms with Gasteiger partial charge in [-0.05, 0) is 24.7 Å². The highest BCUT2D eigenvalue weighted by atomic mass is 16.3. The van der Waals surface area contributed by atoms with Crippen LogP contribution in [0, 0.1) is 5.41 Å². The Morgan fingerprint density at radius 2 is 2.00 bits per heavy atom. The highest BCUT2D eigenvalue weighted by molar-refractivity contribution is 5.78. The number of rotatable bonds is 7. The van der Waals surface area contributed by atoms with Crippen LogP contribution in [0.2, 0.25) is 0 Å². The lowest BCUT2D eigenvalue weighted by molar-refractivity contribution is -0.120. The van der Waals surface area contributed by atoms with E-state index in [2.05, 4.69) is 24.5 Å². The van der Waals surface area contributed by atoms with Crippen molar-refractivity contribution in [2.75, 3.05) is 19.7 Å². The van der Waals surface area contributed by atoms with Crippen molar-refractivity contribution < 1.29 is 9.90 Å². The van der Waals surface area contributed by atoms with Gasteiger partial charge in [-0.2, -0.15) is 0 Å². The maximum atomic E-state index is 11.6. The monoisotopic (exact) mass is 242 g/mol. The molecule has 1 rings (SSSR count). The Kier molecular flexibility index (Phi) is 5.92. The van der Waals surface area contributed by atoms with Crippen molar-refractivity contribution in [2.24, 2.45) is 5.41 Å². The van der Waals surface area contributed by atoms with Crippen LogP contribution in [-0.4, -0.2) is 36.8 Å². The second kappa shape index (κ2) is 6.97. The van der Waals surface area contributed by atoms with Crippen LogP contribution >= 0.6 is 0 Å². The Balaban J connectivity index is 2.10. The Hall–Kier alpha value is -0.610. The molecule has 1 saturated carbocycles. The van der Waals surface area contributed by atoms with Gasteiger partial charge in [-0.15, -0.1) is 0 Å². The van der Waals surface area contributed by atoms with Gasteiger partial charge in [0.15, 0.2) is 0 Å². The number of carbonyl (C=O) groups excluding carboxylic acids is 1. The smallest absolute Gasteiger partial charge is 0.234 e. The predicted molar refractivity (Wildman–Crippen MR) is 68.8 cm³/mol. The molecule has 0 bridgehead atoms. The maximum Gasteiger partial charge on any atom is 0.234 e. The summed E-state index contributed by atoms with van der Waals surface area (Å²) in [6.07, 6.45) is 5.48. The van der Waals surface area contributed by atoms with Gasteiger partial charge in [-0.1, -0.05) is 26.7 Å². The first-order chi connectivity index (χ1) is 8.03. The molecule has 1 aliphatic rings. The first kappa shape index (κ1) is 14.5. The van der Waals surface area contributed by atoms with Gasteiger partial charge < -0.3 is 15.7 Å². The lowest BCUT2D eigenvalue weighted by Gasteiger charge is -2.24. The third-order valence-electron chi connectivity index (χ3n) is 3.40. The standard InChI is InChI=1S/C13H26N2O2/c1-13(2,7-8-16)10-14-9-12(17)15-11-5-3-4-6-11/h11,14,16H,3-10H2,1-2H3,(H,15,17). The van der Waals surface area contributed by atoms with Crippen LogP contribution in [0.25, 0.3) is 0 Å². The third kappa shape index (κ3) is 6.03. The van der Waals surface area contributed by atoms with Crippen LogP contribution in [0.5, 0.6) is 0 Å². The summed E-state index contributed by atoms with van der Waals surface area (Å²) in [5, 5.41) is 15.1. The Labute approximate surface area is 104 Å². The summed E-state index contributed by atoms with van der Waals surface area (Å²) >= 11 is 0. The Bertz CT molecular complexity index is 236. The molecule has 0 aromatic heterocycles. The molecule has 0 spiro atoms. The van der Waals surface area contributed by atoms with E-state index in [4.69, 9.17) is 5.11 Å². The maximum absolute atomic E-state index is 11.6. The van der Waals surface area contributed by atoms with Crippen molar-refractivity contribution in [1.82, 2.24) is 10.6 Å². The van der Waals surface area contributed by atoms with Crippen molar-refractivity contribution in [3.8, 4) is 0 Å². The van der Waals surface area contributed by atoms with E-state index in [1.54, 1.807) is 0 Å². The largest absolute Gasteiger partial charge is 0.396 e. The average Bonchev–Trinajstić information content (AvgIpc) is 2.69. The molecule has 0 heterocycles. The van der Waals surface area contributed by atoms with Crippen LogP contribution < -0.4 is 10.6 Å². The van der Waals surface area contributed by atoms with Crippen LogP contribution in [0.15, 0.2) is 0 Å². The molecule has 0 aromatic carbocycles. The second-order valence-electron chi connectivity index (χ2n) is 5.79. The van der Waals surface area contributed by atoms with Gasteiger partial charge in [0.1, 0.15) is 0 Å². The van der Waals surface area contributed by atoms with E-state index in [1.165, 1.54) is 12.8 Å². The minimum Gasteiger partial charge on any atom is -0.396 e. The van der Waals surface area contributed by atoms with E-state index in [0.29, 0.717) is 12.6 Å². The molecular weight excluding hydrogens is 216 g/mol. The number of nitrogens with one attached hydrogen (secondary N) is 2. The van der Waals surface area contributed by atoms with Crippen molar-refractivity contribution in [3.63, 3.8) is 0 Å². The zero-order chi connectivity index (χ0) is 12.7. The molecule has 4 nitrogen and oxygen atoms in total. The lowest BCUT2D eigenvalue weighted by atomic mass is 9.90. The van der Waals surface area contributed by atoms with Gasteiger partial charge in [-0.25, -0.2) is 0 Å². The fraction of sp³-hybridized carbons (Fsp3) is 0.923. The van der Waals surface area contributed by atoms with Crippen molar-refractivity contribution in [3.05, 3.63) is 0 Å². The predicted octanol–water partition coefficient (Wildman–Crippen LogP) is 1.04. The quantitative estimate of drug-likeness (QED) is 0.625.